The fraction of sp³-hybridized carbons (Fsp3) is 0.143. The van der Waals surface area contributed by atoms with Crippen LogP contribution in [0.1, 0.15) is 20.2 Å². The molecule has 1 amide bonds. The van der Waals surface area contributed by atoms with E-state index in [0.717, 1.165) is 25.1 Å². The molecule has 2 heterocycles. The number of nitrogens with zero attached hydrogens (tertiary/aromatic N) is 1. The van der Waals surface area contributed by atoms with E-state index in [1.165, 1.54) is 22.7 Å². The maximum atomic E-state index is 12.3. The number of nitrogens with one attached hydrogen (secondary N) is 1. The quantitative estimate of drug-likeness (QED) is 0.721. The van der Waals surface area contributed by atoms with Crippen molar-refractivity contribution < 1.29 is 4.79 Å². The molecule has 0 aliphatic heterocycles. The van der Waals surface area contributed by atoms with Gasteiger partial charge >= 0.3 is 0 Å². The van der Waals surface area contributed by atoms with Crippen LogP contribution in [0.25, 0.3) is 10.1 Å². The molecule has 1 aromatic carbocycles. The third kappa shape index (κ3) is 2.81. The van der Waals surface area contributed by atoms with Crippen molar-refractivity contribution in [2.75, 3.05) is 5.73 Å². The first-order valence-electron chi connectivity index (χ1n) is 6.21. The number of hydrogen-bond donors (Lipinski definition) is 2. The number of aryl methyl sites for hydroxylation is 1. The highest BCUT2D eigenvalue weighted by Gasteiger charge is 2.16. The Balaban J connectivity index is 1.84. The van der Waals surface area contributed by atoms with Gasteiger partial charge in [0.2, 0.25) is 0 Å². The lowest BCUT2D eigenvalue weighted by Gasteiger charge is -2.03. The lowest BCUT2D eigenvalue weighted by molar-refractivity contribution is 0.0956. The van der Waals surface area contributed by atoms with E-state index in [1.54, 1.807) is 5.51 Å². The van der Waals surface area contributed by atoms with E-state index in [4.69, 9.17) is 5.73 Å². The van der Waals surface area contributed by atoms with Crippen LogP contribution in [-0.4, -0.2) is 10.9 Å². The molecule has 0 bridgehead atoms. The number of halogens is 1. The molecule has 3 N–H and O–H groups in total. The van der Waals surface area contributed by atoms with E-state index in [0.29, 0.717) is 17.1 Å². The SMILES string of the molecule is Cc1ncsc1CNC(=O)c1sc2cc(Br)ccc2c1N. The number of amides is 1. The Morgan fingerprint density at radius 2 is 2.29 bits per heavy atom. The molecule has 3 aromatic rings. The number of anilines is 1. The van der Waals surface area contributed by atoms with Crippen LogP contribution in [-0.2, 0) is 6.54 Å². The Hall–Kier alpha value is -1.44. The van der Waals surface area contributed by atoms with Crippen LogP contribution in [0.5, 0.6) is 0 Å². The second-order valence-corrected chi connectivity index (χ2v) is 7.44. The number of thiophene rings is 1. The highest BCUT2D eigenvalue weighted by molar-refractivity contribution is 9.10. The minimum Gasteiger partial charge on any atom is -0.397 e. The number of aromatic nitrogens is 1. The minimum absolute atomic E-state index is 0.141. The number of benzene rings is 1. The van der Waals surface area contributed by atoms with E-state index in [-0.39, 0.29) is 5.91 Å². The zero-order valence-electron chi connectivity index (χ0n) is 11.1. The third-order valence-corrected chi connectivity index (χ3v) is 5.75. The standard InChI is InChI=1S/C14H12BrN3OS2/c1-7-11(20-6-18-7)5-17-14(19)13-12(16)9-3-2-8(15)4-10(9)21-13/h2-4,6H,5,16H2,1H3,(H,17,19). The normalized spacial score (nSPS) is 11.0. The maximum Gasteiger partial charge on any atom is 0.263 e. The molecule has 0 atom stereocenters. The summed E-state index contributed by atoms with van der Waals surface area (Å²) in [5, 5.41) is 3.83. The number of rotatable bonds is 3. The predicted molar refractivity (Wildman–Crippen MR) is 92.0 cm³/mol. The molecule has 0 spiro atoms. The van der Waals surface area contributed by atoms with Crippen LogP contribution in [0, 0.1) is 6.92 Å². The van der Waals surface area contributed by atoms with Crippen molar-refractivity contribution in [3.05, 3.63) is 43.6 Å². The van der Waals surface area contributed by atoms with Gasteiger partial charge in [0.1, 0.15) is 4.88 Å². The second kappa shape index (κ2) is 5.75. The van der Waals surface area contributed by atoms with Crippen LogP contribution in [0.4, 0.5) is 5.69 Å². The number of fused-ring (bicyclic) bond motifs is 1. The van der Waals surface area contributed by atoms with Crippen LogP contribution in [0.15, 0.2) is 28.2 Å². The van der Waals surface area contributed by atoms with E-state index in [1.807, 2.05) is 25.1 Å². The lowest BCUT2D eigenvalue weighted by Crippen LogP contribution is -2.22. The first-order chi connectivity index (χ1) is 10.1. The average molecular weight is 382 g/mol. The molecule has 2 aromatic heterocycles. The Kier molecular flexibility index (Phi) is 3.97. The van der Waals surface area contributed by atoms with Crippen molar-refractivity contribution in [2.45, 2.75) is 13.5 Å². The molecule has 7 heteroatoms. The zero-order chi connectivity index (χ0) is 15.0. The maximum absolute atomic E-state index is 12.3. The summed E-state index contributed by atoms with van der Waals surface area (Å²) in [7, 11) is 0. The predicted octanol–water partition coefficient (Wildman–Crippen LogP) is 3.94. The van der Waals surface area contributed by atoms with Crippen molar-refractivity contribution in [1.82, 2.24) is 10.3 Å². The first kappa shape index (κ1) is 14.5. The Morgan fingerprint density at radius 1 is 1.48 bits per heavy atom. The Bertz CT molecular complexity index is 825. The summed E-state index contributed by atoms with van der Waals surface area (Å²) in [6, 6.07) is 5.82. The minimum atomic E-state index is -0.141. The summed E-state index contributed by atoms with van der Waals surface area (Å²) in [5.74, 6) is -0.141. The van der Waals surface area contributed by atoms with Gasteiger partial charge in [-0.2, -0.15) is 0 Å². The largest absolute Gasteiger partial charge is 0.397 e. The van der Waals surface area contributed by atoms with Crippen LogP contribution >= 0.6 is 38.6 Å². The van der Waals surface area contributed by atoms with Gasteiger partial charge in [0, 0.05) is 19.4 Å². The number of carbonyl (C=O) groups excluding carboxylic acids is 1. The van der Waals surface area contributed by atoms with E-state index >= 15 is 0 Å². The monoisotopic (exact) mass is 381 g/mol. The molecule has 0 saturated carbocycles. The number of carbonyl (C=O) groups is 1. The molecule has 0 aliphatic carbocycles. The van der Waals surface area contributed by atoms with E-state index < -0.39 is 0 Å². The zero-order valence-corrected chi connectivity index (χ0v) is 14.4. The molecule has 108 valence electrons. The summed E-state index contributed by atoms with van der Waals surface area (Å²) in [4.78, 5) is 18.1. The van der Waals surface area contributed by atoms with Gasteiger partial charge in [0.25, 0.3) is 5.91 Å². The molecule has 21 heavy (non-hydrogen) atoms. The van der Waals surface area contributed by atoms with Gasteiger partial charge in [0.15, 0.2) is 0 Å². The molecule has 0 aliphatic rings. The average Bonchev–Trinajstić information content (AvgIpc) is 3.00. The van der Waals surface area contributed by atoms with Gasteiger partial charge in [-0.25, -0.2) is 4.98 Å². The summed E-state index contributed by atoms with van der Waals surface area (Å²) in [6.07, 6.45) is 0. The summed E-state index contributed by atoms with van der Waals surface area (Å²) in [6.45, 7) is 2.41. The molecular formula is C14H12BrN3OS2. The van der Waals surface area contributed by atoms with Gasteiger partial charge in [-0.3, -0.25) is 4.79 Å². The molecule has 0 saturated heterocycles. The molecule has 0 unspecified atom stereocenters. The number of nitrogens with two attached hydrogens (primary N) is 1. The summed E-state index contributed by atoms with van der Waals surface area (Å²) >= 11 is 6.37. The molecular weight excluding hydrogens is 370 g/mol. The second-order valence-electron chi connectivity index (χ2n) is 4.53. The van der Waals surface area contributed by atoms with Gasteiger partial charge < -0.3 is 11.1 Å². The fourth-order valence-electron chi connectivity index (χ4n) is 2.00. The van der Waals surface area contributed by atoms with Crippen molar-refractivity contribution in [1.29, 1.82) is 0 Å². The van der Waals surface area contributed by atoms with Crippen molar-refractivity contribution in [3.8, 4) is 0 Å². The van der Waals surface area contributed by atoms with Crippen molar-refractivity contribution in [3.63, 3.8) is 0 Å². The first-order valence-corrected chi connectivity index (χ1v) is 8.70. The molecule has 3 rings (SSSR count). The number of nitrogen functional groups attached to an aromatic ring is 1. The van der Waals surface area contributed by atoms with Gasteiger partial charge in [-0.05, 0) is 19.1 Å². The number of thiazole rings is 1. The summed E-state index contributed by atoms with van der Waals surface area (Å²) in [5.41, 5.74) is 9.37. The number of hydrogen-bond acceptors (Lipinski definition) is 5. The van der Waals surface area contributed by atoms with Crippen LogP contribution < -0.4 is 11.1 Å². The van der Waals surface area contributed by atoms with Gasteiger partial charge in [-0.1, -0.05) is 22.0 Å². The topological polar surface area (TPSA) is 68.0 Å². The fourth-order valence-corrected chi connectivity index (χ4v) is 4.30. The lowest BCUT2D eigenvalue weighted by atomic mass is 10.2. The third-order valence-electron chi connectivity index (χ3n) is 3.15. The molecule has 0 radical (unpaired) electrons. The van der Waals surface area contributed by atoms with Gasteiger partial charge in [0.05, 0.1) is 23.4 Å². The van der Waals surface area contributed by atoms with Crippen LogP contribution in [0.3, 0.4) is 0 Å². The smallest absolute Gasteiger partial charge is 0.263 e. The highest BCUT2D eigenvalue weighted by atomic mass is 79.9. The van der Waals surface area contributed by atoms with Crippen molar-refractivity contribution >= 4 is 60.3 Å². The highest BCUT2D eigenvalue weighted by Crippen LogP contribution is 2.35. The van der Waals surface area contributed by atoms with Gasteiger partial charge in [-0.15, -0.1) is 22.7 Å². The van der Waals surface area contributed by atoms with E-state index in [2.05, 4.69) is 26.2 Å². The molecule has 0 fully saturated rings. The molecule has 4 nitrogen and oxygen atoms in total. The van der Waals surface area contributed by atoms with Crippen molar-refractivity contribution in [2.24, 2.45) is 0 Å². The Labute approximate surface area is 138 Å². The van der Waals surface area contributed by atoms with E-state index in [9.17, 15) is 4.79 Å². The summed E-state index contributed by atoms with van der Waals surface area (Å²) < 4.78 is 1.98. The van der Waals surface area contributed by atoms with Crippen LogP contribution in [0.2, 0.25) is 0 Å². The Morgan fingerprint density at radius 3 is 3.00 bits per heavy atom.